The number of benzene rings is 2. The molecule has 0 bridgehead atoms. The Morgan fingerprint density at radius 2 is 1.55 bits per heavy atom. The van der Waals surface area contributed by atoms with Gasteiger partial charge in [0, 0.05) is 6.07 Å². The van der Waals surface area contributed by atoms with E-state index in [1.165, 1.54) is 49.8 Å². The third kappa shape index (κ3) is 8.26. The second-order valence-corrected chi connectivity index (χ2v) is 7.40. The van der Waals surface area contributed by atoms with Crippen LogP contribution in [-0.4, -0.2) is 12.6 Å². The predicted octanol–water partition coefficient (Wildman–Crippen LogP) is 7.13. The molecule has 29 heavy (non-hydrogen) atoms. The zero-order valence-corrected chi connectivity index (χ0v) is 17.7. The van der Waals surface area contributed by atoms with E-state index in [2.05, 4.69) is 13.8 Å². The minimum Gasteiger partial charge on any atom is -0.491 e. The van der Waals surface area contributed by atoms with E-state index in [9.17, 15) is 9.18 Å². The fraction of sp³-hybridized carbons (Fsp3) is 0.480. The van der Waals surface area contributed by atoms with Crippen LogP contribution in [0.25, 0.3) is 0 Å². The summed E-state index contributed by atoms with van der Waals surface area (Å²) in [6, 6.07) is 11.7. The highest BCUT2D eigenvalue weighted by Gasteiger charge is 2.11. The smallest absolute Gasteiger partial charge is 0.343 e. The Kier molecular flexibility index (Phi) is 10.3. The molecular weight excluding hydrogens is 367 g/mol. The molecule has 0 saturated heterocycles. The Morgan fingerprint density at radius 3 is 2.24 bits per heavy atom. The molecule has 2 aromatic carbocycles. The van der Waals surface area contributed by atoms with Gasteiger partial charge in [0.1, 0.15) is 5.75 Å². The molecule has 0 fully saturated rings. The number of halogens is 1. The van der Waals surface area contributed by atoms with Gasteiger partial charge in [0.2, 0.25) is 0 Å². The average Bonchev–Trinajstić information content (AvgIpc) is 2.72. The highest BCUT2D eigenvalue weighted by molar-refractivity contribution is 5.91. The molecule has 0 spiro atoms. The van der Waals surface area contributed by atoms with Crippen molar-refractivity contribution >= 4 is 5.97 Å². The predicted molar refractivity (Wildman–Crippen MR) is 115 cm³/mol. The van der Waals surface area contributed by atoms with Crippen LogP contribution in [0.5, 0.6) is 11.5 Å². The highest BCUT2D eigenvalue weighted by Crippen LogP contribution is 2.24. The second-order valence-electron chi connectivity index (χ2n) is 7.40. The van der Waals surface area contributed by atoms with Crippen LogP contribution in [0, 0.1) is 5.82 Å². The molecule has 0 aliphatic rings. The molecule has 0 heterocycles. The van der Waals surface area contributed by atoms with E-state index in [1.807, 2.05) is 12.1 Å². The minimum absolute atomic E-state index is 0.176. The maximum absolute atomic E-state index is 14.2. The van der Waals surface area contributed by atoms with Gasteiger partial charge in [-0.25, -0.2) is 9.18 Å². The highest BCUT2D eigenvalue weighted by atomic mass is 19.1. The molecule has 3 nitrogen and oxygen atoms in total. The third-order valence-electron chi connectivity index (χ3n) is 4.88. The maximum atomic E-state index is 14.2. The van der Waals surface area contributed by atoms with Crippen LogP contribution in [0.3, 0.4) is 0 Å². The summed E-state index contributed by atoms with van der Waals surface area (Å²) in [5, 5.41) is 0. The van der Waals surface area contributed by atoms with E-state index < -0.39 is 11.8 Å². The lowest BCUT2D eigenvalue weighted by Gasteiger charge is -2.09. The Morgan fingerprint density at radius 1 is 0.862 bits per heavy atom. The Bertz CT molecular complexity index is 740. The van der Waals surface area contributed by atoms with Gasteiger partial charge in [0.25, 0.3) is 0 Å². The van der Waals surface area contributed by atoms with E-state index >= 15 is 0 Å². The number of unbranched alkanes of at least 4 members (excludes halogenated alkanes) is 6. The molecule has 0 atom stereocenters. The first kappa shape index (κ1) is 22.9. The summed E-state index contributed by atoms with van der Waals surface area (Å²) < 4.78 is 25.0. The van der Waals surface area contributed by atoms with Crippen LogP contribution >= 0.6 is 0 Å². The van der Waals surface area contributed by atoms with Crippen molar-refractivity contribution in [2.45, 2.75) is 71.6 Å². The molecule has 2 rings (SSSR count). The standard InChI is InChI=1S/C25H33FO3/c1-3-5-7-8-10-18-28-24-17-16-22(19-23(24)26)29-25(27)21-14-12-20(13-15-21)11-9-6-4-2/h12-17,19H,3-11,18H2,1-2H3. The second kappa shape index (κ2) is 13.0. The van der Waals surface area contributed by atoms with Gasteiger partial charge in [-0.3, -0.25) is 0 Å². The topological polar surface area (TPSA) is 35.5 Å². The van der Waals surface area contributed by atoms with Gasteiger partial charge in [-0.05, 0) is 49.1 Å². The summed E-state index contributed by atoms with van der Waals surface area (Å²) in [5.41, 5.74) is 1.66. The van der Waals surface area contributed by atoms with Crippen LogP contribution in [0.2, 0.25) is 0 Å². The number of hydrogen-bond acceptors (Lipinski definition) is 3. The van der Waals surface area contributed by atoms with Gasteiger partial charge < -0.3 is 9.47 Å². The molecule has 2 aromatic rings. The largest absolute Gasteiger partial charge is 0.491 e. The molecule has 0 amide bonds. The quantitative estimate of drug-likeness (QED) is 0.204. The number of carbonyl (C=O) groups is 1. The van der Waals surface area contributed by atoms with Gasteiger partial charge >= 0.3 is 5.97 Å². The summed E-state index contributed by atoms with van der Waals surface area (Å²) in [6.07, 6.45) is 10.1. The van der Waals surface area contributed by atoms with Crippen LogP contribution in [0.15, 0.2) is 42.5 Å². The maximum Gasteiger partial charge on any atom is 0.343 e. The molecular formula is C25H33FO3. The van der Waals surface area contributed by atoms with Crippen LogP contribution in [0.4, 0.5) is 4.39 Å². The Labute approximate surface area is 174 Å². The summed E-state index contributed by atoms with van der Waals surface area (Å²) in [6.45, 7) is 4.84. The van der Waals surface area contributed by atoms with Crippen molar-refractivity contribution in [2.24, 2.45) is 0 Å². The number of hydrogen-bond donors (Lipinski definition) is 0. The van der Waals surface area contributed by atoms with Gasteiger partial charge in [0.15, 0.2) is 11.6 Å². The molecule has 0 saturated carbocycles. The van der Waals surface area contributed by atoms with Crippen molar-refractivity contribution in [1.29, 1.82) is 0 Å². The summed E-state index contributed by atoms with van der Waals surface area (Å²) >= 11 is 0. The number of rotatable bonds is 13. The molecule has 0 aromatic heterocycles. The normalized spacial score (nSPS) is 10.7. The van der Waals surface area contributed by atoms with E-state index in [0.29, 0.717) is 12.2 Å². The van der Waals surface area contributed by atoms with Crippen molar-refractivity contribution in [3.8, 4) is 11.5 Å². The molecule has 158 valence electrons. The Hall–Kier alpha value is -2.36. The fourth-order valence-corrected chi connectivity index (χ4v) is 3.10. The van der Waals surface area contributed by atoms with E-state index in [1.54, 1.807) is 18.2 Å². The molecule has 0 aliphatic heterocycles. The number of ether oxygens (including phenoxy) is 2. The van der Waals surface area contributed by atoms with Crippen molar-refractivity contribution in [1.82, 2.24) is 0 Å². The van der Waals surface area contributed by atoms with E-state index in [-0.39, 0.29) is 11.5 Å². The van der Waals surface area contributed by atoms with Crippen molar-refractivity contribution in [2.75, 3.05) is 6.61 Å². The first-order valence-electron chi connectivity index (χ1n) is 10.9. The van der Waals surface area contributed by atoms with E-state index in [0.717, 1.165) is 25.7 Å². The lowest BCUT2D eigenvalue weighted by Crippen LogP contribution is -2.09. The van der Waals surface area contributed by atoms with Crippen LogP contribution in [-0.2, 0) is 6.42 Å². The summed E-state index contributed by atoms with van der Waals surface area (Å²) in [4.78, 5) is 12.3. The van der Waals surface area contributed by atoms with Crippen molar-refractivity contribution in [3.05, 3.63) is 59.4 Å². The van der Waals surface area contributed by atoms with Gasteiger partial charge in [0.05, 0.1) is 12.2 Å². The zero-order chi connectivity index (χ0) is 20.9. The summed E-state index contributed by atoms with van der Waals surface area (Å²) in [5.74, 6) is -0.643. The SMILES string of the molecule is CCCCCCCOc1ccc(OC(=O)c2ccc(CCCCC)cc2)cc1F. The summed E-state index contributed by atoms with van der Waals surface area (Å²) in [7, 11) is 0. The molecule has 0 aliphatic carbocycles. The van der Waals surface area contributed by atoms with Crippen molar-refractivity contribution in [3.63, 3.8) is 0 Å². The van der Waals surface area contributed by atoms with Gasteiger partial charge in [-0.1, -0.05) is 64.5 Å². The lowest BCUT2D eigenvalue weighted by molar-refractivity contribution is 0.0734. The first-order chi connectivity index (χ1) is 14.1. The number of carbonyl (C=O) groups excluding carboxylic acids is 1. The average molecular weight is 401 g/mol. The molecule has 0 N–H and O–H groups in total. The van der Waals surface area contributed by atoms with Crippen molar-refractivity contribution < 1.29 is 18.7 Å². The molecule has 0 unspecified atom stereocenters. The number of aryl methyl sites for hydroxylation is 1. The van der Waals surface area contributed by atoms with E-state index in [4.69, 9.17) is 9.47 Å². The van der Waals surface area contributed by atoms with Crippen LogP contribution in [0.1, 0.15) is 81.1 Å². The lowest BCUT2D eigenvalue weighted by atomic mass is 10.1. The monoisotopic (exact) mass is 400 g/mol. The first-order valence-corrected chi connectivity index (χ1v) is 10.9. The molecule has 0 radical (unpaired) electrons. The third-order valence-corrected chi connectivity index (χ3v) is 4.88. The number of esters is 1. The van der Waals surface area contributed by atoms with Gasteiger partial charge in [-0.15, -0.1) is 0 Å². The zero-order valence-electron chi connectivity index (χ0n) is 17.7. The minimum atomic E-state index is -0.518. The fourth-order valence-electron chi connectivity index (χ4n) is 3.10. The molecule has 4 heteroatoms. The van der Waals surface area contributed by atoms with Crippen LogP contribution < -0.4 is 9.47 Å². The Balaban J connectivity index is 1.83. The van der Waals surface area contributed by atoms with Gasteiger partial charge in [-0.2, -0.15) is 0 Å².